The fourth-order valence-electron chi connectivity index (χ4n) is 5.81. The van der Waals surface area contributed by atoms with Gasteiger partial charge in [-0.15, -0.1) is 0 Å². The Balaban J connectivity index is 1.16. The van der Waals surface area contributed by atoms with E-state index in [4.69, 9.17) is 14.2 Å². The number of likely N-dealkylation sites (tertiary alicyclic amines) is 2. The van der Waals surface area contributed by atoms with Crippen molar-refractivity contribution in [2.75, 3.05) is 64.5 Å². The molecule has 1 N–H and O–H groups in total. The van der Waals surface area contributed by atoms with Gasteiger partial charge in [0, 0.05) is 44.6 Å². The number of piperidine rings is 2. The van der Waals surface area contributed by atoms with Crippen LogP contribution < -0.4 is 15.0 Å². The Bertz CT molecular complexity index is 977. The third-order valence-corrected chi connectivity index (χ3v) is 8.17. The van der Waals surface area contributed by atoms with E-state index in [0.717, 1.165) is 64.8 Å². The lowest BCUT2D eigenvalue weighted by molar-refractivity contribution is -0.120. The average Bonchev–Trinajstić information content (AvgIpc) is 3.42. The maximum atomic E-state index is 13.4. The number of rotatable bonds is 6. The average molecular weight is 501 g/mol. The number of urea groups is 1. The summed E-state index contributed by atoms with van der Waals surface area (Å²) in [6, 6.07) is 4.67. The number of hydrogen-bond acceptors (Lipinski definition) is 7. The Hall–Kier alpha value is -2.69. The van der Waals surface area contributed by atoms with E-state index >= 15 is 0 Å². The minimum atomic E-state index is -0.497. The number of anilines is 1. The zero-order valence-corrected chi connectivity index (χ0v) is 21.0. The molecular weight excluding hydrogens is 464 g/mol. The number of carbonyl (C=O) groups is 3. The lowest BCUT2D eigenvalue weighted by Crippen LogP contribution is -2.50. The first-order valence-electron chi connectivity index (χ1n) is 13.0. The van der Waals surface area contributed by atoms with Crippen molar-refractivity contribution in [1.82, 2.24) is 15.1 Å². The van der Waals surface area contributed by atoms with Gasteiger partial charge < -0.3 is 24.0 Å². The normalized spacial score (nSPS) is 23.2. The number of nitrogens with one attached hydrogen (secondary N) is 1. The number of benzene rings is 1. The summed E-state index contributed by atoms with van der Waals surface area (Å²) < 4.78 is 16.6. The molecule has 0 aromatic heterocycles. The summed E-state index contributed by atoms with van der Waals surface area (Å²) in [4.78, 5) is 43.2. The van der Waals surface area contributed by atoms with E-state index < -0.39 is 6.03 Å². The van der Waals surface area contributed by atoms with Gasteiger partial charge in [0.05, 0.1) is 26.0 Å². The number of hydrogen-bond donors (Lipinski definition) is 1. The molecule has 4 heterocycles. The van der Waals surface area contributed by atoms with E-state index in [-0.39, 0.29) is 31.1 Å². The summed E-state index contributed by atoms with van der Waals surface area (Å²) in [7, 11) is 1.53. The van der Waals surface area contributed by atoms with Crippen molar-refractivity contribution >= 4 is 23.5 Å². The quantitative estimate of drug-likeness (QED) is 0.639. The fourth-order valence-corrected chi connectivity index (χ4v) is 5.81. The van der Waals surface area contributed by atoms with Gasteiger partial charge in [0.1, 0.15) is 5.75 Å². The molecule has 10 heteroatoms. The summed E-state index contributed by atoms with van der Waals surface area (Å²) in [6.07, 6.45) is 5.45. The third-order valence-electron chi connectivity index (χ3n) is 8.17. The van der Waals surface area contributed by atoms with Gasteiger partial charge in [-0.25, -0.2) is 4.79 Å². The van der Waals surface area contributed by atoms with Crippen LogP contribution in [0.5, 0.6) is 5.75 Å². The Morgan fingerprint density at radius 3 is 2.42 bits per heavy atom. The molecule has 0 bridgehead atoms. The summed E-state index contributed by atoms with van der Waals surface area (Å²) in [5.74, 6) is 0.162. The topological polar surface area (TPSA) is 101 Å². The second-order valence-corrected chi connectivity index (χ2v) is 10.2. The number of imide groups is 1. The van der Waals surface area contributed by atoms with Gasteiger partial charge in [-0.2, -0.15) is 0 Å². The van der Waals surface area contributed by atoms with Gasteiger partial charge in [0.25, 0.3) is 5.91 Å². The van der Waals surface area contributed by atoms with Crippen LogP contribution in [-0.2, 0) is 14.3 Å². The Labute approximate surface area is 211 Å². The summed E-state index contributed by atoms with van der Waals surface area (Å²) >= 11 is 0. The van der Waals surface area contributed by atoms with Crippen molar-refractivity contribution in [1.29, 1.82) is 0 Å². The summed E-state index contributed by atoms with van der Waals surface area (Å²) in [6.45, 7) is 6.32. The molecule has 4 aliphatic heterocycles. The standard InChI is InChI=1S/C26H36N4O6/c1-34-21-3-2-19(18-20(21)30-11-4-22(31)27-25(30)33)24(32)29-14-8-26(9-15-29)6-12-28(13-7-26)10-5-23-35-16-17-36-23/h2-3,18,23H,4-17H2,1H3,(H,27,31,33). The largest absolute Gasteiger partial charge is 0.495 e. The lowest BCUT2D eigenvalue weighted by Gasteiger charge is -2.47. The number of amides is 4. The highest BCUT2D eigenvalue weighted by molar-refractivity contribution is 6.07. The van der Waals surface area contributed by atoms with E-state index in [9.17, 15) is 14.4 Å². The fraction of sp³-hybridized carbons (Fsp3) is 0.654. The SMILES string of the molecule is COc1ccc(C(=O)N2CCC3(CCN(CCC4OCCO4)CC3)CC2)cc1N1CCC(=O)NC1=O. The monoisotopic (exact) mass is 500 g/mol. The van der Waals surface area contributed by atoms with E-state index in [1.165, 1.54) is 12.0 Å². The van der Waals surface area contributed by atoms with Gasteiger partial charge in [-0.1, -0.05) is 0 Å². The molecule has 0 unspecified atom stereocenters. The molecule has 5 rings (SSSR count). The predicted octanol–water partition coefficient (Wildman–Crippen LogP) is 2.22. The van der Waals surface area contributed by atoms with Crippen LogP contribution in [0, 0.1) is 5.41 Å². The molecular formula is C26H36N4O6. The summed E-state index contributed by atoms with van der Waals surface area (Å²) in [5.41, 5.74) is 1.34. The Morgan fingerprint density at radius 1 is 1.06 bits per heavy atom. The Kier molecular flexibility index (Phi) is 7.45. The van der Waals surface area contributed by atoms with Gasteiger partial charge in [0.2, 0.25) is 5.91 Å². The molecule has 36 heavy (non-hydrogen) atoms. The second kappa shape index (κ2) is 10.7. The van der Waals surface area contributed by atoms with Crippen LogP contribution in [0.2, 0.25) is 0 Å². The molecule has 1 aromatic rings. The van der Waals surface area contributed by atoms with Crippen molar-refractivity contribution in [2.45, 2.75) is 44.8 Å². The minimum Gasteiger partial charge on any atom is -0.495 e. The first-order valence-corrected chi connectivity index (χ1v) is 13.0. The van der Waals surface area contributed by atoms with Crippen LogP contribution in [0.4, 0.5) is 10.5 Å². The molecule has 1 spiro atoms. The number of nitrogens with zero attached hydrogens (tertiary/aromatic N) is 3. The van der Waals surface area contributed by atoms with Crippen molar-refractivity contribution in [2.24, 2.45) is 5.41 Å². The molecule has 0 saturated carbocycles. The molecule has 1 aromatic carbocycles. The van der Waals surface area contributed by atoms with Gasteiger partial charge in [-0.3, -0.25) is 19.8 Å². The summed E-state index contributed by atoms with van der Waals surface area (Å²) in [5, 5.41) is 2.33. The maximum absolute atomic E-state index is 13.4. The maximum Gasteiger partial charge on any atom is 0.328 e. The molecule has 196 valence electrons. The van der Waals surface area contributed by atoms with E-state index in [1.54, 1.807) is 18.2 Å². The zero-order chi connectivity index (χ0) is 25.1. The first kappa shape index (κ1) is 25.0. The number of carbonyl (C=O) groups excluding carboxylic acids is 3. The molecule has 10 nitrogen and oxygen atoms in total. The van der Waals surface area contributed by atoms with Gasteiger partial charge in [-0.05, 0) is 62.4 Å². The minimum absolute atomic E-state index is 0.0313. The van der Waals surface area contributed by atoms with Crippen LogP contribution in [0.1, 0.15) is 48.9 Å². The lowest BCUT2D eigenvalue weighted by atomic mass is 9.71. The Morgan fingerprint density at radius 2 is 1.75 bits per heavy atom. The van der Waals surface area contributed by atoms with Crippen molar-refractivity contribution in [3.63, 3.8) is 0 Å². The highest BCUT2D eigenvalue weighted by Gasteiger charge is 2.39. The van der Waals surface area contributed by atoms with E-state index in [1.807, 2.05) is 4.90 Å². The second-order valence-electron chi connectivity index (χ2n) is 10.2. The molecule has 0 aliphatic carbocycles. The van der Waals surface area contributed by atoms with Crippen LogP contribution >= 0.6 is 0 Å². The smallest absolute Gasteiger partial charge is 0.328 e. The van der Waals surface area contributed by atoms with E-state index in [2.05, 4.69) is 10.2 Å². The molecule has 4 aliphatic rings. The molecule has 0 atom stereocenters. The number of ether oxygens (including phenoxy) is 3. The zero-order valence-electron chi connectivity index (χ0n) is 21.0. The molecule has 4 amide bonds. The van der Waals surface area contributed by atoms with E-state index in [0.29, 0.717) is 35.6 Å². The first-order chi connectivity index (χ1) is 17.5. The van der Waals surface area contributed by atoms with Crippen molar-refractivity contribution in [3.05, 3.63) is 23.8 Å². The highest BCUT2D eigenvalue weighted by Crippen LogP contribution is 2.42. The van der Waals surface area contributed by atoms with Crippen LogP contribution in [0.15, 0.2) is 18.2 Å². The third kappa shape index (κ3) is 5.35. The predicted molar refractivity (Wildman–Crippen MR) is 132 cm³/mol. The van der Waals surface area contributed by atoms with Crippen LogP contribution in [-0.4, -0.2) is 93.5 Å². The van der Waals surface area contributed by atoms with Gasteiger partial charge in [0.15, 0.2) is 6.29 Å². The van der Waals surface area contributed by atoms with Crippen LogP contribution in [0.3, 0.4) is 0 Å². The van der Waals surface area contributed by atoms with Gasteiger partial charge >= 0.3 is 6.03 Å². The molecule has 4 fully saturated rings. The molecule has 0 radical (unpaired) electrons. The van der Waals surface area contributed by atoms with Crippen molar-refractivity contribution in [3.8, 4) is 5.75 Å². The molecule has 4 saturated heterocycles. The van der Waals surface area contributed by atoms with Crippen LogP contribution in [0.25, 0.3) is 0 Å². The highest BCUT2D eigenvalue weighted by atomic mass is 16.7. The number of methoxy groups -OCH3 is 1. The van der Waals surface area contributed by atoms with Crippen molar-refractivity contribution < 1.29 is 28.6 Å².